The van der Waals surface area contributed by atoms with Crippen molar-refractivity contribution in [3.05, 3.63) is 75.8 Å². The summed E-state index contributed by atoms with van der Waals surface area (Å²) in [5.74, 6) is 0. The molecule has 2 aromatic carbocycles. The third kappa shape index (κ3) is 3.80. The highest BCUT2D eigenvalue weighted by atomic mass is 35.5. The summed E-state index contributed by atoms with van der Waals surface area (Å²) in [5, 5.41) is 10.6. The van der Waals surface area contributed by atoms with E-state index in [1.807, 2.05) is 36.4 Å². The zero-order chi connectivity index (χ0) is 13.7. The minimum atomic E-state index is -0.376. The van der Waals surface area contributed by atoms with Gasteiger partial charge >= 0.3 is 0 Å². The molecule has 98 valence electrons. The zero-order valence-corrected chi connectivity index (χ0v) is 11.1. The molecular weight excluding hydrogens is 262 g/mol. The van der Waals surface area contributed by atoms with Crippen molar-refractivity contribution in [2.75, 3.05) is 0 Å². The second-order valence-electron chi connectivity index (χ2n) is 4.34. The lowest BCUT2D eigenvalue weighted by Crippen LogP contribution is -1.95. The van der Waals surface area contributed by atoms with E-state index in [0.29, 0.717) is 0 Å². The van der Waals surface area contributed by atoms with Crippen LogP contribution in [0.3, 0.4) is 0 Å². The number of hydrogen-bond acceptors (Lipinski definition) is 2. The molecule has 0 bridgehead atoms. The number of non-ortho nitro benzene ring substituents is 1. The average molecular weight is 276 g/mol. The molecule has 2 aromatic rings. The van der Waals surface area contributed by atoms with E-state index in [2.05, 4.69) is 0 Å². The average Bonchev–Trinajstić information content (AvgIpc) is 2.46. The molecule has 0 amide bonds. The molecule has 4 heteroatoms. The lowest BCUT2D eigenvalue weighted by atomic mass is 10.0. The van der Waals surface area contributed by atoms with Gasteiger partial charge in [0.1, 0.15) is 0 Å². The quantitative estimate of drug-likeness (QED) is 0.458. The number of hydrogen-bond donors (Lipinski definition) is 0. The summed E-state index contributed by atoms with van der Waals surface area (Å²) in [6.45, 7) is 0. The maximum Gasteiger partial charge on any atom is 0.269 e. The third-order valence-electron chi connectivity index (χ3n) is 2.97. The van der Waals surface area contributed by atoms with Crippen molar-refractivity contribution in [3.63, 3.8) is 0 Å². The minimum Gasteiger partial charge on any atom is -0.258 e. The molecular formula is C15H14ClNO2. The van der Waals surface area contributed by atoms with Gasteiger partial charge in [-0.05, 0) is 24.0 Å². The van der Waals surface area contributed by atoms with Crippen molar-refractivity contribution in [2.45, 2.75) is 18.2 Å². The number of nitro benzene ring substituents is 1. The Balaban J connectivity index is 1.99. The van der Waals surface area contributed by atoms with Crippen LogP contribution in [0.4, 0.5) is 5.69 Å². The molecule has 0 saturated carbocycles. The number of rotatable bonds is 5. The Labute approximate surface area is 117 Å². The lowest BCUT2D eigenvalue weighted by Gasteiger charge is -2.09. The standard InChI is InChI=1S/C15H14ClNO2/c16-15(13-6-2-1-3-7-13)10-9-12-5-4-8-14(11-12)17(18)19/h1-8,11,15H,9-10H2. The first-order valence-electron chi connectivity index (χ1n) is 6.09. The first-order valence-corrected chi connectivity index (χ1v) is 6.53. The van der Waals surface area contributed by atoms with E-state index >= 15 is 0 Å². The van der Waals surface area contributed by atoms with Crippen molar-refractivity contribution >= 4 is 17.3 Å². The molecule has 0 heterocycles. The Hall–Kier alpha value is -1.87. The Morgan fingerprint density at radius 1 is 1.11 bits per heavy atom. The highest BCUT2D eigenvalue weighted by molar-refractivity contribution is 6.20. The molecule has 2 rings (SSSR count). The van der Waals surface area contributed by atoms with Gasteiger partial charge in [-0.3, -0.25) is 10.1 Å². The predicted octanol–water partition coefficient (Wildman–Crippen LogP) is 4.51. The fourth-order valence-electron chi connectivity index (χ4n) is 1.95. The van der Waals surface area contributed by atoms with E-state index in [1.165, 1.54) is 6.07 Å². The van der Waals surface area contributed by atoms with Crippen molar-refractivity contribution < 1.29 is 4.92 Å². The van der Waals surface area contributed by atoms with Crippen LogP contribution in [0.25, 0.3) is 0 Å². The van der Waals surface area contributed by atoms with Crippen LogP contribution < -0.4 is 0 Å². The number of alkyl halides is 1. The van der Waals surface area contributed by atoms with Gasteiger partial charge in [-0.1, -0.05) is 42.5 Å². The fourth-order valence-corrected chi connectivity index (χ4v) is 2.20. The molecule has 1 atom stereocenters. The van der Waals surface area contributed by atoms with E-state index < -0.39 is 0 Å². The van der Waals surface area contributed by atoms with Crippen LogP contribution in [0.15, 0.2) is 54.6 Å². The van der Waals surface area contributed by atoms with Crippen LogP contribution in [0.2, 0.25) is 0 Å². The molecule has 19 heavy (non-hydrogen) atoms. The number of nitrogens with zero attached hydrogens (tertiary/aromatic N) is 1. The topological polar surface area (TPSA) is 43.1 Å². The summed E-state index contributed by atoms with van der Waals surface area (Å²) in [6, 6.07) is 16.5. The molecule has 0 spiro atoms. The third-order valence-corrected chi connectivity index (χ3v) is 3.44. The molecule has 0 aromatic heterocycles. The van der Waals surface area contributed by atoms with Crippen LogP contribution in [0.5, 0.6) is 0 Å². The van der Waals surface area contributed by atoms with E-state index in [0.717, 1.165) is 24.0 Å². The molecule has 3 nitrogen and oxygen atoms in total. The van der Waals surface area contributed by atoms with Crippen LogP contribution in [0, 0.1) is 10.1 Å². The summed E-state index contributed by atoms with van der Waals surface area (Å²) in [5.41, 5.74) is 2.15. The van der Waals surface area contributed by atoms with Gasteiger partial charge in [-0.15, -0.1) is 11.6 Å². The van der Waals surface area contributed by atoms with Crippen molar-refractivity contribution in [1.29, 1.82) is 0 Å². The minimum absolute atomic E-state index is 0.0690. The van der Waals surface area contributed by atoms with Gasteiger partial charge in [0.05, 0.1) is 10.3 Å². The van der Waals surface area contributed by atoms with Crippen LogP contribution in [-0.4, -0.2) is 4.92 Å². The SMILES string of the molecule is O=[N+]([O-])c1cccc(CCC(Cl)c2ccccc2)c1. The van der Waals surface area contributed by atoms with E-state index in [9.17, 15) is 10.1 Å². The Morgan fingerprint density at radius 3 is 2.53 bits per heavy atom. The molecule has 0 aliphatic rings. The fraction of sp³-hybridized carbons (Fsp3) is 0.200. The van der Waals surface area contributed by atoms with Crippen LogP contribution >= 0.6 is 11.6 Å². The molecule has 0 radical (unpaired) electrons. The number of halogens is 1. The largest absolute Gasteiger partial charge is 0.269 e. The van der Waals surface area contributed by atoms with Gasteiger partial charge in [0.25, 0.3) is 5.69 Å². The summed E-state index contributed by atoms with van der Waals surface area (Å²) in [4.78, 5) is 10.3. The Morgan fingerprint density at radius 2 is 1.84 bits per heavy atom. The van der Waals surface area contributed by atoms with Crippen molar-refractivity contribution in [3.8, 4) is 0 Å². The van der Waals surface area contributed by atoms with E-state index in [1.54, 1.807) is 12.1 Å². The van der Waals surface area contributed by atoms with Gasteiger partial charge in [-0.25, -0.2) is 0 Å². The summed E-state index contributed by atoms with van der Waals surface area (Å²) in [7, 11) is 0. The Bertz CT molecular complexity index is 557. The first kappa shape index (κ1) is 13.6. The van der Waals surface area contributed by atoms with Gasteiger partial charge < -0.3 is 0 Å². The van der Waals surface area contributed by atoms with Gasteiger partial charge in [0, 0.05) is 12.1 Å². The molecule has 0 fully saturated rings. The molecule has 1 unspecified atom stereocenters. The smallest absolute Gasteiger partial charge is 0.258 e. The second kappa shape index (κ2) is 6.34. The molecule has 0 N–H and O–H groups in total. The number of aryl methyl sites for hydroxylation is 1. The lowest BCUT2D eigenvalue weighted by molar-refractivity contribution is -0.384. The van der Waals surface area contributed by atoms with Gasteiger partial charge in [-0.2, -0.15) is 0 Å². The molecule has 0 aliphatic carbocycles. The summed E-state index contributed by atoms with van der Waals surface area (Å²) >= 11 is 6.32. The van der Waals surface area contributed by atoms with Gasteiger partial charge in [0.2, 0.25) is 0 Å². The first-order chi connectivity index (χ1) is 9.16. The number of benzene rings is 2. The maximum atomic E-state index is 10.7. The predicted molar refractivity (Wildman–Crippen MR) is 76.5 cm³/mol. The summed E-state index contributed by atoms with van der Waals surface area (Å²) < 4.78 is 0. The Kier molecular flexibility index (Phi) is 4.53. The zero-order valence-electron chi connectivity index (χ0n) is 10.3. The monoisotopic (exact) mass is 275 g/mol. The summed E-state index contributed by atoms with van der Waals surface area (Å²) in [6.07, 6.45) is 1.48. The van der Waals surface area contributed by atoms with Crippen LogP contribution in [-0.2, 0) is 6.42 Å². The van der Waals surface area contributed by atoms with E-state index in [-0.39, 0.29) is 16.0 Å². The van der Waals surface area contributed by atoms with Crippen molar-refractivity contribution in [2.24, 2.45) is 0 Å². The van der Waals surface area contributed by atoms with Crippen LogP contribution in [0.1, 0.15) is 22.9 Å². The second-order valence-corrected chi connectivity index (χ2v) is 4.87. The van der Waals surface area contributed by atoms with Gasteiger partial charge in [0.15, 0.2) is 0 Å². The van der Waals surface area contributed by atoms with E-state index in [4.69, 9.17) is 11.6 Å². The number of nitro groups is 1. The molecule has 0 saturated heterocycles. The van der Waals surface area contributed by atoms with Crippen molar-refractivity contribution in [1.82, 2.24) is 0 Å². The normalized spacial score (nSPS) is 12.1. The highest BCUT2D eigenvalue weighted by Crippen LogP contribution is 2.26. The molecule has 0 aliphatic heterocycles. The maximum absolute atomic E-state index is 10.7. The highest BCUT2D eigenvalue weighted by Gasteiger charge is 2.09.